The molecule has 0 unspecified atom stereocenters. The number of hydrogen-bond donors (Lipinski definition) is 0. The zero-order chi connectivity index (χ0) is 17.9. The van der Waals surface area contributed by atoms with Crippen LogP contribution in [-0.2, 0) is 11.2 Å². The highest BCUT2D eigenvalue weighted by molar-refractivity contribution is 5.82. The van der Waals surface area contributed by atoms with Gasteiger partial charge in [-0.05, 0) is 36.6 Å². The molecule has 0 bridgehead atoms. The minimum Gasteiger partial charge on any atom is -0.360 e. The number of amides is 1. The van der Waals surface area contributed by atoms with Gasteiger partial charge in [0.2, 0.25) is 5.91 Å². The normalized spacial score (nSPS) is 17.2. The Morgan fingerprint density at radius 2 is 1.88 bits per heavy atom. The quantitative estimate of drug-likeness (QED) is 0.848. The van der Waals surface area contributed by atoms with E-state index in [1.807, 2.05) is 34.1 Å². The minimum atomic E-state index is -0.227. The summed E-state index contributed by atoms with van der Waals surface area (Å²) in [5.41, 5.74) is 1.61. The molecule has 1 saturated heterocycles. The summed E-state index contributed by atoms with van der Waals surface area (Å²) in [6.07, 6.45) is 3.62. The zero-order valence-electron chi connectivity index (χ0n) is 14.8. The van der Waals surface area contributed by atoms with Crippen molar-refractivity contribution in [1.29, 1.82) is 0 Å². The molecule has 5 nitrogen and oxygen atoms in total. The number of para-hydroxylation sites is 1. The molecule has 3 heterocycles. The number of pyridine rings is 1. The van der Waals surface area contributed by atoms with E-state index in [-0.39, 0.29) is 18.3 Å². The molecule has 6 heteroatoms. The molecule has 0 radical (unpaired) electrons. The van der Waals surface area contributed by atoms with Crippen LogP contribution in [0.5, 0.6) is 0 Å². The molecule has 0 aliphatic carbocycles. The fraction of sp³-hybridized carbons (Fsp3) is 0.400. The molecular weight excluding hydrogens is 331 g/mol. The molecule has 136 valence electrons. The molecule has 2 aliphatic heterocycles. The predicted molar refractivity (Wildman–Crippen MR) is 100.0 cm³/mol. The Hall–Kier alpha value is -2.63. The number of nitrogens with zero attached hydrogens (tertiary/aromatic N) is 4. The number of rotatable bonds is 3. The Morgan fingerprint density at radius 3 is 2.65 bits per heavy atom. The minimum absolute atomic E-state index is 0.0711. The van der Waals surface area contributed by atoms with E-state index in [1.54, 1.807) is 12.3 Å². The summed E-state index contributed by atoms with van der Waals surface area (Å²) < 4.78 is 14.3. The monoisotopic (exact) mass is 354 g/mol. The van der Waals surface area contributed by atoms with Gasteiger partial charge in [-0.2, -0.15) is 0 Å². The second-order valence-electron chi connectivity index (χ2n) is 6.83. The fourth-order valence-corrected chi connectivity index (χ4v) is 3.84. The van der Waals surface area contributed by atoms with E-state index in [1.165, 1.54) is 6.07 Å². The summed E-state index contributed by atoms with van der Waals surface area (Å²) in [4.78, 5) is 23.1. The van der Waals surface area contributed by atoms with Crippen molar-refractivity contribution in [3.8, 4) is 0 Å². The maximum atomic E-state index is 14.3. The number of hydrogen-bond acceptors (Lipinski definition) is 4. The second kappa shape index (κ2) is 7.32. The summed E-state index contributed by atoms with van der Waals surface area (Å²) in [7, 11) is 0. The number of carbonyl (C=O) groups is 1. The molecule has 26 heavy (non-hydrogen) atoms. The molecule has 1 fully saturated rings. The first-order valence-electron chi connectivity index (χ1n) is 9.18. The number of carbonyl (C=O) groups excluding carboxylic acids is 1. The smallest absolute Gasteiger partial charge is 0.242 e. The maximum absolute atomic E-state index is 14.3. The first-order valence-corrected chi connectivity index (χ1v) is 9.18. The van der Waals surface area contributed by atoms with Crippen molar-refractivity contribution in [2.24, 2.45) is 0 Å². The molecule has 2 aliphatic rings. The number of fused-ring (bicyclic) bond motifs is 1. The summed E-state index contributed by atoms with van der Waals surface area (Å²) in [5, 5.41) is 0. The fourth-order valence-electron chi connectivity index (χ4n) is 3.84. The third-order valence-electron chi connectivity index (χ3n) is 5.19. The van der Waals surface area contributed by atoms with Crippen LogP contribution >= 0.6 is 0 Å². The van der Waals surface area contributed by atoms with Crippen LogP contribution in [0.1, 0.15) is 12.0 Å². The Balaban J connectivity index is 1.38. The van der Waals surface area contributed by atoms with Gasteiger partial charge in [-0.1, -0.05) is 18.2 Å². The molecule has 1 aromatic carbocycles. The van der Waals surface area contributed by atoms with Gasteiger partial charge in [0.1, 0.15) is 11.6 Å². The van der Waals surface area contributed by atoms with Crippen LogP contribution in [0.4, 0.5) is 15.9 Å². The summed E-state index contributed by atoms with van der Waals surface area (Å²) in [5.74, 6) is 0.795. The van der Waals surface area contributed by atoms with E-state index in [0.29, 0.717) is 18.8 Å². The van der Waals surface area contributed by atoms with Gasteiger partial charge in [0.15, 0.2) is 0 Å². The van der Waals surface area contributed by atoms with Crippen LogP contribution in [0.2, 0.25) is 0 Å². The lowest BCUT2D eigenvalue weighted by Crippen LogP contribution is -2.52. The van der Waals surface area contributed by atoms with Crippen molar-refractivity contribution < 1.29 is 9.18 Å². The Bertz CT molecular complexity index is 775. The number of benzene rings is 1. The van der Waals surface area contributed by atoms with Crippen molar-refractivity contribution in [2.45, 2.75) is 12.8 Å². The number of halogens is 1. The van der Waals surface area contributed by atoms with E-state index in [0.717, 1.165) is 43.9 Å². The van der Waals surface area contributed by atoms with Crippen LogP contribution in [0.15, 0.2) is 42.6 Å². The Kier molecular flexibility index (Phi) is 4.73. The second-order valence-corrected chi connectivity index (χ2v) is 6.83. The zero-order valence-corrected chi connectivity index (χ0v) is 14.8. The van der Waals surface area contributed by atoms with Crippen molar-refractivity contribution in [2.75, 3.05) is 49.1 Å². The highest BCUT2D eigenvalue weighted by Crippen LogP contribution is 2.29. The van der Waals surface area contributed by atoms with Gasteiger partial charge in [0.05, 0.1) is 12.2 Å². The summed E-state index contributed by atoms with van der Waals surface area (Å²) in [6.45, 7) is 3.87. The van der Waals surface area contributed by atoms with Crippen molar-refractivity contribution >= 4 is 17.4 Å². The van der Waals surface area contributed by atoms with Gasteiger partial charge in [-0.15, -0.1) is 0 Å². The van der Waals surface area contributed by atoms with Crippen LogP contribution in [0.3, 0.4) is 0 Å². The SMILES string of the molecule is O=C(CN1CCCc2cccc(F)c21)N1CCN(c2ccccn2)CC1. The van der Waals surface area contributed by atoms with Crippen LogP contribution in [-0.4, -0.2) is 55.1 Å². The van der Waals surface area contributed by atoms with E-state index >= 15 is 0 Å². The van der Waals surface area contributed by atoms with E-state index in [2.05, 4.69) is 9.88 Å². The van der Waals surface area contributed by atoms with Gasteiger partial charge in [-0.3, -0.25) is 4.79 Å². The molecule has 0 N–H and O–H groups in total. The van der Waals surface area contributed by atoms with Gasteiger partial charge < -0.3 is 14.7 Å². The molecule has 0 atom stereocenters. The number of aryl methyl sites for hydroxylation is 1. The van der Waals surface area contributed by atoms with Crippen LogP contribution in [0.25, 0.3) is 0 Å². The average molecular weight is 354 g/mol. The van der Waals surface area contributed by atoms with Gasteiger partial charge in [0.25, 0.3) is 0 Å². The lowest BCUT2D eigenvalue weighted by atomic mass is 10.0. The lowest BCUT2D eigenvalue weighted by Gasteiger charge is -2.37. The van der Waals surface area contributed by atoms with E-state index in [9.17, 15) is 9.18 Å². The average Bonchev–Trinajstić information content (AvgIpc) is 2.69. The number of anilines is 2. The van der Waals surface area contributed by atoms with Crippen molar-refractivity contribution in [1.82, 2.24) is 9.88 Å². The topological polar surface area (TPSA) is 39.7 Å². The standard InChI is InChI=1S/C20H23FN4O/c21-17-7-3-5-16-6-4-10-25(20(16)17)15-19(26)24-13-11-23(12-14-24)18-8-1-2-9-22-18/h1-3,5,7-9H,4,6,10-15H2. The van der Waals surface area contributed by atoms with Crippen LogP contribution in [0, 0.1) is 5.82 Å². The third-order valence-corrected chi connectivity index (χ3v) is 5.19. The third kappa shape index (κ3) is 3.36. The van der Waals surface area contributed by atoms with Gasteiger partial charge in [0, 0.05) is 38.9 Å². The van der Waals surface area contributed by atoms with Gasteiger partial charge >= 0.3 is 0 Å². The van der Waals surface area contributed by atoms with Gasteiger partial charge in [-0.25, -0.2) is 9.37 Å². The summed E-state index contributed by atoms with van der Waals surface area (Å²) in [6, 6.07) is 11.1. The predicted octanol–water partition coefficient (Wildman–Crippen LogP) is 2.32. The molecule has 0 saturated carbocycles. The molecular formula is C20H23FN4O. The molecule has 1 amide bonds. The number of aromatic nitrogens is 1. The Labute approximate surface area is 153 Å². The number of piperazine rings is 1. The lowest BCUT2D eigenvalue weighted by molar-refractivity contribution is -0.130. The first kappa shape index (κ1) is 16.8. The molecule has 0 spiro atoms. The van der Waals surface area contributed by atoms with Crippen molar-refractivity contribution in [3.63, 3.8) is 0 Å². The molecule has 4 rings (SSSR count). The highest BCUT2D eigenvalue weighted by atomic mass is 19.1. The molecule has 1 aromatic heterocycles. The summed E-state index contributed by atoms with van der Waals surface area (Å²) >= 11 is 0. The first-order chi connectivity index (χ1) is 12.7. The Morgan fingerprint density at radius 1 is 1.04 bits per heavy atom. The van der Waals surface area contributed by atoms with E-state index in [4.69, 9.17) is 0 Å². The largest absolute Gasteiger partial charge is 0.360 e. The van der Waals surface area contributed by atoms with Crippen LogP contribution < -0.4 is 9.80 Å². The van der Waals surface area contributed by atoms with Crippen molar-refractivity contribution in [3.05, 3.63) is 54.0 Å². The maximum Gasteiger partial charge on any atom is 0.242 e. The highest BCUT2D eigenvalue weighted by Gasteiger charge is 2.26. The van der Waals surface area contributed by atoms with E-state index < -0.39 is 0 Å². The molecule has 2 aromatic rings.